The second kappa shape index (κ2) is 4.82. The van der Waals surface area contributed by atoms with E-state index < -0.39 is 0 Å². The van der Waals surface area contributed by atoms with Crippen molar-refractivity contribution in [2.75, 3.05) is 6.54 Å². The number of nitrogens with two attached hydrogens (primary N) is 1. The molecule has 0 aromatic heterocycles. The predicted molar refractivity (Wildman–Crippen MR) is 67.3 cm³/mol. The molecule has 88 valence electrons. The van der Waals surface area contributed by atoms with E-state index in [0.29, 0.717) is 22.3 Å². The van der Waals surface area contributed by atoms with Crippen LogP contribution in [0.15, 0.2) is 18.2 Å². The number of halogens is 2. The Morgan fingerprint density at radius 1 is 1.31 bits per heavy atom. The van der Waals surface area contributed by atoms with Gasteiger partial charge in [-0.2, -0.15) is 0 Å². The molecular formula is C12H15Cl2NO. The summed E-state index contributed by atoms with van der Waals surface area (Å²) < 4.78 is 5.99. The summed E-state index contributed by atoms with van der Waals surface area (Å²) in [7, 11) is 0. The predicted octanol–water partition coefficient (Wildman–Crippen LogP) is 3.64. The summed E-state index contributed by atoms with van der Waals surface area (Å²) in [6, 6.07) is 5.45. The van der Waals surface area contributed by atoms with E-state index in [4.69, 9.17) is 33.7 Å². The fraction of sp³-hybridized carbons (Fsp3) is 0.500. The molecule has 1 saturated carbocycles. The van der Waals surface area contributed by atoms with Crippen LogP contribution in [0.5, 0.6) is 5.75 Å². The van der Waals surface area contributed by atoms with Crippen molar-refractivity contribution in [3.63, 3.8) is 0 Å². The SMILES string of the molecule is NCCC1(Oc2cccc(Cl)c2Cl)CCC1. The lowest BCUT2D eigenvalue weighted by atomic mass is 9.77. The molecule has 0 saturated heterocycles. The second-order valence-corrected chi connectivity index (χ2v) is 5.01. The molecule has 0 amide bonds. The van der Waals surface area contributed by atoms with Crippen LogP contribution in [0.25, 0.3) is 0 Å². The lowest BCUT2D eigenvalue weighted by molar-refractivity contribution is -0.0124. The van der Waals surface area contributed by atoms with Gasteiger partial charge in [0.2, 0.25) is 0 Å². The summed E-state index contributed by atoms with van der Waals surface area (Å²) in [4.78, 5) is 0. The molecule has 2 rings (SSSR count). The normalized spacial score (nSPS) is 17.9. The lowest BCUT2D eigenvalue weighted by Gasteiger charge is -2.42. The van der Waals surface area contributed by atoms with Gasteiger partial charge in [-0.25, -0.2) is 0 Å². The third-order valence-electron chi connectivity index (χ3n) is 3.11. The highest BCUT2D eigenvalue weighted by atomic mass is 35.5. The highest BCUT2D eigenvalue weighted by molar-refractivity contribution is 6.42. The van der Waals surface area contributed by atoms with E-state index in [9.17, 15) is 0 Å². The van der Waals surface area contributed by atoms with Crippen molar-refractivity contribution in [2.45, 2.75) is 31.3 Å². The van der Waals surface area contributed by atoms with Crippen molar-refractivity contribution in [3.05, 3.63) is 28.2 Å². The maximum Gasteiger partial charge on any atom is 0.140 e. The maximum atomic E-state index is 6.09. The van der Waals surface area contributed by atoms with E-state index >= 15 is 0 Å². The van der Waals surface area contributed by atoms with Gasteiger partial charge in [0.05, 0.1) is 5.02 Å². The smallest absolute Gasteiger partial charge is 0.140 e. The van der Waals surface area contributed by atoms with Gasteiger partial charge in [-0.3, -0.25) is 0 Å². The van der Waals surface area contributed by atoms with Crippen molar-refractivity contribution in [2.24, 2.45) is 5.73 Å². The second-order valence-electron chi connectivity index (χ2n) is 4.23. The van der Waals surface area contributed by atoms with Gasteiger partial charge in [0.15, 0.2) is 0 Å². The minimum Gasteiger partial charge on any atom is -0.486 e. The molecule has 0 aliphatic heterocycles. The van der Waals surface area contributed by atoms with Crippen LogP contribution in [0, 0.1) is 0 Å². The zero-order valence-corrected chi connectivity index (χ0v) is 10.5. The van der Waals surface area contributed by atoms with E-state index in [1.807, 2.05) is 12.1 Å². The standard InChI is InChI=1S/C12H15Cl2NO/c13-9-3-1-4-10(11(9)14)16-12(7-8-15)5-2-6-12/h1,3-4H,2,5-8,15H2. The van der Waals surface area contributed by atoms with Gasteiger partial charge in [0, 0.05) is 0 Å². The van der Waals surface area contributed by atoms with Crippen molar-refractivity contribution >= 4 is 23.2 Å². The Morgan fingerprint density at radius 3 is 2.62 bits per heavy atom. The van der Waals surface area contributed by atoms with Crippen molar-refractivity contribution in [1.82, 2.24) is 0 Å². The first-order valence-corrected chi connectivity index (χ1v) is 6.26. The van der Waals surface area contributed by atoms with Gasteiger partial charge >= 0.3 is 0 Å². The van der Waals surface area contributed by atoms with Gasteiger partial charge in [0.25, 0.3) is 0 Å². The molecular weight excluding hydrogens is 245 g/mol. The van der Waals surface area contributed by atoms with Crippen LogP contribution in [0.1, 0.15) is 25.7 Å². The van der Waals surface area contributed by atoms with E-state index in [1.54, 1.807) is 6.07 Å². The summed E-state index contributed by atoms with van der Waals surface area (Å²) in [6.45, 7) is 0.637. The Kier molecular flexibility index (Phi) is 3.63. The molecule has 1 aromatic rings. The van der Waals surface area contributed by atoms with E-state index in [-0.39, 0.29) is 5.60 Å². The highest BCUT2D eigenvalue weighted by Gasteiger charge is 2.38. The lowest BCUT2D eigenvalue weighted by Crippen LogP contribution is -2.44. The minimum absolute atomic E-state index is 0.108. The van der Waals surface area contributed by atoms with E-state index in [1.165, 1.54) is 6.42 Å². The average Bonchev–Trinajstić information content (AvgIpc) is 2.21. The number of hydrogen-bond acceptors (Lipinski definition) is 2. The Bertz CT molecular complexity index is 377. The monoisotopic (exact) mass is 259 g/mol. The largest absolute Gasteiger partial charge is 0.486 e. The molecule has 1 aromatic carbocycles. The third kappa shape index (κ3) is 2.29. The van der Waals surface area contributed by atoms with E-state index in [0.717, 1.165) is 19.3 Å². The van der Waals surface area contributed by atoms with Crippen LogP contribution in [-0.2, 0) is 0 Å². The van der Waals surface area contributed by atoms with Crippen molar-refractivity contribution < 1.29 is 4.74 Å². The zero-order valence-electron chi connectivity index (χ0n) is 9.01. The Balaban J connectivity index is 2.16. The Hall–Kier alpha value is -0.440. The van der Waals surface area contributed by atoms with Gasteiger partial charge in [-0.15, -0.1) is 0 Å². The summed E-state index contributed by atoms with van der Waals surface area (Å²) in [5.41, 5.74) is 5.50. The van der Waals surface area contributed by atoms with Crippen molar-refractivity contribution in [3.8, 4) is 5.75 Å². The summed E-state index contributed by atoms with van der Waals surface area (Å²) in [6.07, 6.45) is 4.16. The quantitative estimate of drug-likeness (QED) is 0.896. The molecule has 0 bridgehead atoms. The first-order valence-electron chi connectivity index (χ1n) is 5.50. The van der Waals surface area contributed by atoms with Gasteiger partial charge in [-0.1, -0.05) is 29.3 Å². The third-order valence-corrected chi connectivity index (χ3v) is 3.91. The molecule has 1 aliphatic rings. The topological polar surface area (TPSA) is 35.2 Å². The van der Waals surface area contributed by atoms with Crippen LogP contribution in [0.4, 0.5) is 0 Å². The molecule has 0 heterocycles. The average molecular weight is 260 g/mol. The first-order chi connectivity index (χ1) is 7.67. The number of benzene rings is 1. The van der Waals surface area contributed by atoms with Crippen molar-refractivity contribution in [1.29, 1.82) is 0 Å². The molecule has 0 unspecified atom stereocenters. The molecule has 0 atom stereocenters. The number of hydrogen-bond donors (Lipinski definition) is 1. The summed E-state index contributed by atoms with van der Waals surface area (Å²) in [5.74, 6) is 0.669. The fourth-order valence-corrected chi connectivity index (χ4v) is 2.36. The zero-order chi connectivity index (χ0) is 11.6. The molecule has 4 heteroatoms. The van der Waals surface area contributed by atoms with Gasteiger partial charge in [-0.05, 0) is 44.4 Å². The maximum absolute atomic E-state index is 6.09. The van der Waals surface area contributed by atoms with Crippen LogP contribution in [-0.4, -0.2) is 12.1 Å². The van der Waals surface area contributed by atoms with Crippen LogP contribution < -0.4 is 10.5 Å². The summed E-state index contributed by atoms with van der Waals surface area (Å²) in [5, 5.41) is 1.02. The molecule has 16 heavy (non-hydrogen) atoms. The molecule has 1 aliphatic carbocycles. The van der Waals surface area contributed by atoms with Crippen LogP contribution in [0.3, 0.4) is 0 Å². The Labute approximate surface area is 106 Å². The first kappa shape index (κ1) is 12.0. The van der Waals surface area contributed by atoms with Crippen LogP contribution >= 0.6 is 23.2 Å². The van der Waals surface area contributed by atoms with Gasteiger partial charge in [0.1, 0.15) is 16.4 Å². The highest BCUT2D eigenvalue weighted by Crippen LogP contribution is 2.42. The van der Waals surface area contributed by atoms with Gasteiger partial charge < -0.3 is 10.5 Å². The molecule has 0 spiro atoms. The molecule has 0 radical (unpaired) electrons. The molecule has 1 fully saturated rings. The molecule has 2 nitrogen and oxygen atoms in total. The van der Waals surface area contributed by atoms with Crippen LogP contribution in [0.2, 0.25) is 10.0 Å². The summed E-state index contributed by atoms with van der Waals surface area (Å²) >= 11 is 12.0. The fourth-order valence-electron chi connectivity index (χ4n) is 2.03. The number of rotatable bonds is 4. The van der Waals surface area contributed by atoms with E-state index in [2.05, 4.69) is 0 Å². The number of ether oxygens (including phenoxy) is 1. The molecule has 2 N–H and O–H groups in total. The minimum atomic E-state index is -0.108. The Morgan fingerprint density at radius 2 is 2.06 bits per heavy atom.